The number of aromatic nitrogens is 3. The van der Waals surface area contributed by atoms with E-state index in [2.05, 4.69) is 18.4 Å². The molecule has 0 aliphatic carbocycles. The summed E-state index contributed by atoms with van der Waals surface area (Å²) in [6.45, 7) is 6.65. The summed E-state index contributed by atoms with van der Waals surface area (Å²) < 4.78 is 17.1. The average Bonchev–Trinajstić information content (AvgIpc) is 3.20. The Morgan fingerprint density at radius 1 is 1.00 bits per heavy atom. The normalized spacial score (nSPS) is 17.1. The summed E-state index contributed by atoms with van der Waals surface area (Å²) in [6, 6.07) is 15.9. The molecule has 0 bridgehead atoms. The highest BCUT2D eigenvalue weighted by molar-refractivity contribution is 5.97. The van der Waals surface area contributed by atoms with Crippen molar-refractivity contribution < 1.29 is 9.47 Å². The van der Waals surface area contributed by atoms with Crippen molar-refractivity contribution in [2.24, 2.45) is 14.1 Å². The number of hydrogen-bond acceptors (Lipinski definition) is 4. The lowest BCUT2D eigenvalue weighted by Gasteiger charge is -2.39. The van der Waals surface area contributed by atoms with Crippen molar-refractivity contribution in [2.75, 3.05) is 13.7 Å². The number of benzene rings is 2. The SMILES string of the molecule is COc1ccccc1C1OCC(C)(C)n2c(-c3ccc(C)cc3)c3c(=O)n(C)c(=O)n(C)c3c21. The summed E-state index contributed by atoms with van der Waals surface area (Å²) in [5, 5.41) is 0.516. The summed E-state index contributed by atoms with van der Waals surface area (Å²) in [7, 11) is 4.87. The zero-order valence-corrected chi connectivity index (χ0v) is 20.4. The van der Waals surface area contributed by atoms with Crippen molar-refractivity contribution in [2.45, 2.75) is 32.4 Å². The first-order chi connectivity index (χ1) is 16.2. The zero-order valence-electron chi connectivity index (χ0n) is 20.4. The first kappa shape index (κ1) is 22.2. The van der Waals surface area contributed by atoms with Crippen LogP contribution in [-0.2, 0) is 24.4 Å². The molecule has 7 heteroatoms. The molecular weight excluding hydrogens is 430 g/mol. The van der Waals surface area contributed by atoms with Crippen LogP contribution in [0.2, 0.25) is 0 Å². The molecule has 4 aromatic rings. The Labute approximate surface area is 197 Å². The van der Waals surface area contributed by atoms with Gasteiger partial charge in [0.1, 0.15) is 11.9 Å². The Hall–Kier alpha value is -3.58. The van der Waals surface area contributed by atoms with Gasteiger partial charge in [-0.05, 0) is 32.4 Å². The van der Waals surface area contributed by atoms with Gasteiger partial charge in [0.2, 0.25) is 0 Å². The minimum absolute atomic E-state index is 0.315. The third kappa shape index (κ3) is 3.07. The summed E-state index contributed by atoms with van der Waals surface area (Å²) in [5.74, 6) is 0.693. The van der Waals surface area contributed by atoms with Crippen molar-refractivity contribution in [1.82, 2.24) is 13.7 Å². The van der Waals surface area contributed by atoms with Crippen molar-refractivity contribution in [3.05, 3.63) is 86.2 Å². The van der Waals surface area contributed by atoms with E-state index in [1.165, 1.54) is 11.6 Å². The molecule has 0 saturated carbocycles. The maximum Gasteiger partial charge on any atom is 0.331 e. The second-order valence-corrected chi connectivity index (χ2v) is 9.61. The van der Waals surface area contributed by atoms with Crippen molar-refractivity contribution in [3.8, 4) is 17.0 Å². The summed E-state index contributed by atoms with van der Waals surface area (Å²) in [4.78, 5) is 26.7. The number of methoxy groups -OCH3 is 1. The van der Waals surface area contributed by atoms with E-state index in [1.807, 2.05) is 55.5 Å². The van der Waals surface area contributed by atoms with Gasteiger partial charge in [0.05, 0.1) is 41.5 Å². The fourth-order valence-electron chi connectivity index (χ4n) is 5.10. The van der Waals surface area contributed by atoms with Gasteiger partial charge in [-0.2, -0.15) is 0 Å². The largest absolute Gasteiger partial charge is 0.496 e. The molecule has 0 saturated heterocycles. The summed E-state index contributed by atoms with van der Waals surface area (Å²) in [6.07, 6.45) is -0.511. The molecule has 34 heavy (non-hydrogen) atoms. The van der Waals surface area contributed by atoms with Gasteiger partial charge < -0.3 is 14.0 Å². The Bertz CT molecular complexity index is 1540. The van der Waals surface area contributed by atoms with E-state index in [0.717, 1.165) is 28.1 Å². The molecule has 2 aromatic carbocycles. The van der Waals surface area contributed by atoms with Crippen LogP contribution < -0.4 is 16.0 Å². The zero-order chi connectivity index (χ0) is 24.4. The Morgan fingerprint density at radius 2 is 1.68 bits per heavy atom. The number of hydrogen-bond donors (Lipinski definition) is 0. The quantitative estimate of drug-likeness (QED) is 0.466. The van der Waals surface area contributed by atoms with Crippen LogP contribution in [0.5, 0.6) is 5.75 Å². The van der Waals surface area contributed by atoms with Crippen LogP contribution in [0.1, 0.15) is 36.8 Å². The van der Waals surface area contributed by atoms with Crippen LogP contribution >= 0.6 is 0 Å². The Kier molecular flexibility index (Phi) is 5.06. The smallest absolute Gasteiger partial charge is 0.331 e. The molecule has 7 nitrogen and oxygen atoms in total. The van der Waals surface area contributed by atoms with Crippen LogP contribution in [0.4, 0.5) is 0 Å². The predicted molar refractivity (Wildman–Crippen MR) is 133 cm³/mol. The lowest BCUT2D eigenvalue weighted by atomic mass is 9.97. The van der Waals surface area contributed by atoms with Crippen molar-refractivity contribution in [3.63, 3.8) is 0 Å². The molecule has 1 aliphatic heterocycles. The number of para-hydroxylation sites is 1. The molecule has 1 unspecified atom stereocenters. The van der Waals surface area contributed by atoms with E-state index in [1.54, 1.807) is 18.7 Å². The first-order valence-electron chi connectivity index (χ1n) is 11.3. The number of nitrogens with zero attached hydrogens (tertiary/aromatic N) is 3. The lowest BCUT2D eigenvalue weighted by Crippen LogP contribution is -2.40. The van der Waals surface area contributed by atoms with Gasteiger partial charge >= 0.3 is 5.69 Å². The first-order valence-corrected chi connectivity index (χ1v) is 11.3. The number of rotatable bonds is 3. The number of ether oxygens (including phenoxy) is 2. The van der Waals surface area contributed by atoms with E-state index < -0.39 is 11.6 Å². The number of fused-ring (bicyclic) bond motifs is 3. The molecular formula is C27H29N3O4. The monoisotopic (exact) mass is 459 g/mol. The van der Waals surface area contributed by atoms with Crippen molar-refractivity contribution >= 4 is 10.9 Å². The molecule has 1 atom stereocenters. The standard InChI is InChI=1S/C27H29N3O4/c1-16-11-13-17(14-12-16)21-20-22(28(4)26(32)29(5)25(20)31)23-24(34-15-27(2,3)30(21)23)18-9-7-8-10-19(18)33-6/h7-14,24H,15H2,1-6H3. The van der Waals surface area contributed by atoms with Gasteiger partial charge in [-0.15, -0.1) is 0 Å². The highest BCUT2D eigenvalue weighted by atomic mass is 16.5. The fraction of sp³-hybridized carbons (Fsp3) is 0.333. The second kappa shape index (κ2) is 7.74. The molecule has 0 radical (unpaired) electrons. The van der Waals surface area contributed by atoms with E-state index >= 15 is 0 Å². The fourth-order valence-corrected chi connectivity index (χ4v) is 5.10. The second-order valence-electron chi connectivity index (χ2n) is 9.61. The molecule has 176 valence electrons. The van der Waals surface area contributed by atoms with Crippen molar-refractivity contribution in [1.29, 1.82) is 0 Å². The summed E-state index contributed by atoms with van der Waals surface area (Å²) >= 11 is 0. The van der Waals surface area contributed by atoms with E-state index in [4.69, 9.17) is 9.47 Å². The van der Waals surface area contributed by atoms with E-state index in [-0.39, 0.29) is 11.2 Å². The third-order valence-corrected chi connectivity index (χ3v) is 6.81. The van der Waals surface area contributed by atoms with Crippen LogP contribution in [0.15, 0.2) is 58.1 Å². The molecule has 5 rings (SSSR count). The van der Waals surface area contributed by atoms with Gasteiger partial charge in [0.25, 0.3) is 5.56 Å². The van der Waals surface area contributed by atoms with Crippen LogP contribution in [-0.4, -0.2) is 27.4 Å². The molecule has 0 spiro atoms. The van der Waals surface area contributed by atoms with Gasteiger partial charge in [-0.25, -0.2) is 4.79 Å². The third-order valence-electron chi connectivity index (χ3n) is 6.81. The molecule has 3 heterocycles. The minimum atomic E-state index is -0.511. The minimum Gasteiger partial charge on any atom is -0.496 e. The van der Waals surface area contributed by atoms with E-state index in [9.17, 15) is 9.59 Å². The van der Waals surface area contributed by atoms with E-state index in [0.29, 0.717) is 23.3 Å². The Balaban J connectivity index is 2.01. The van der Waals surface area contributed by atoms with Gasteiger partial charge in [-0.3, -0.25) is 13.9 Å². The van der Waals surface area contributed by atoms with Gasteiger partial charge in [0.15, 0.2) is 0 Å². The lowest BCUT2D eigenvalue weighted by molar-refractivity contribution is -0.00799. The van der Waals surface area contributed by atoms with Gasteiger partial charge in [-0.1, -0.05) is 48.0 Å². The maximum absolute atomic E-state index is 13.6. The van der Waals surface area contributed by atoms with Crippen LogP contribution in [0.25, 0.3) is 22.2 Å². The maximum atomic E-state index is 13.6. The van der Waals surface area contributed by atoms with Gasteiger partial charge in [0, 0.05) is 19.7 Å². The molecule has 0 N–H and O–H groups in total. The number of aryl methyl sites for hydroxylation is 2. The van der Waals surface area contributed by atoms with Crippen LogP contribution in [0, 0.1) is 6.92 Å². The molecule has 0 amide bonds. The summed E-state index contributed by atoms with van der Waals surface area (Å²) in [5.41, 5.74) is 3.93. The highest BCUT2D eigenvalue weighted by Gasteiger charge is 2.41. The molecule has 0 fully saturated rings. The average molecular weight is 460 g/mol. The van der Waals surface area contributed by atoms with Crippen LogP contribution in [0.3, 0.4) is 0 Å². The molecule has 1 aliphatic rings. The highest BCUT2D eigenvalue weighted by Crippen LogP contribution is 2.46. The molecule has 2 aromatic heterocycles. The topological polar surface area (TPSA) is 67.4 Å². The Morgan fingerprint density at radius 3 is 2.35 bits per heavy atom. The predicted octanol–water partition coefficient (Wildman–Crippen LogP) is 3.88.